The molecule has 0 radical (unpaired) electrons. The van der Waals surface area contributed by atoms with Crippen molar-refractivity contribution < 1.29 is 4.79 Å². The predicted molar refractivity (Wildman–Crippen MR) is 147 cm³/mol. The minimum atomic E-state index is 0.0620. The molecule has 1 amide bonds. The summed E-state index contributed by atoms with van der Waals surface area (Å²) in [6.45, 7) is 4.39. The monoisotopic (exact) mass is 506 g/mol. The lowest BCUT2D eigenvalue weighted by atomic mass is 9.95. The molecule has 1 aliphatic carbocycles. The third-order valence-corrected chi connectivity index (χ3v) is 7.82. The number of aromatic nitrogens is 3. The van der Waals surface area contributed by atoms with Gasteiger partial charge in [0.1, 0.15) is 11.6 Å². The number of amides is 1. The van der Waals surface area contributed by atoms with Gasteiger partial charge in [-0.25, -0.2) is 9.97 Å². The molecule has 1 saturated heterocycles. The molecule has 4 heterocycles. The van der Waals surface area contributed by atoms with Gasteiger partial charge in [0, 0.05) is 66.5 Å². The van der Waals surface area contributed by atoms with E-state index in [0.29, 0.717) is 11.1 Å². The summed E-state index contributed by atoms with van der Waals surface area (Å²) in [5.41, 5.74) is 1.68. The van der Waals surface area contributed by atoms with Gasteiger partial charge in [0.05, 0.1) is 10.7 Å². The molecule has 1 aliphatic heterocycles. The van der Waals surface area contributed by atoms with Gasteiger partial charge in [-0.2, -0.15) is 0 Å². The van der Waals surface area contributed by atoms with Crippen LogP contribution in [0.15, 0.2) is 36.8 Å². The Kier molecular flexibility index (Phi) is 7.85. The topological polar surface area (TPSA) is 83.0 Å². The third-order valence-electron chi connectivity index (χ3n) is 7.44. The maximum atomic E-state index is 12.5. The van der Waals surface area contributed by atoms with Crippen LogP contribution >= 0.6 is 11.6 Å². The normalized spacial score (nSPS) is 17.3. The fourth-order valence-corrected chi connectivity index (χ4v) is 5.65. The van der Waals surface area contributed by atoms with E-state index in [9.17, 15) is 4.79 Å². The van der Waals surface area contributed by atoms with E-state index in [1.165, 1.54) is 19.3 Å². The molecule has 2 fully saturated rings. The summed E-state index contributed by atoms with van der Waals surface area (Å²) < 4.78 is 0. The number of halogens is 1. The SMILES string of the molecule is CCCNC(=O)C1CCN(c2nc(-c3ccnc(NC4CCCCC4)c3Cl)cc3cnccc23)CC1. The molecule has 0 atom stereocenters. The number of fused-ring (bicyclic) bond motifs is 1. The van der Waals surface area contributed by atoms with E-state index in [-0.39, 0.29) is 11.8 Å². The Hall–Kier alpha value is -2.93. The van der Waals surface area contributed by atoms with Gasteiger partial charge in [-0.05, 0) is 50.3 Å². The number of piperidine rings is 1. The second-order valence-corrected chi connectivity index (χ2v) is 10.4. The van der Waals surface area contributed by atoms with Crippen LogP contribution < -0.4 is 15.5 Å². The van der Waals surface area contributed by atoms with Crippen LogP contribution in [-0.2, 0) is 4.79 Å². The van der Waals surface area contributed by atoms with Crippen LogP contribution in [0.1, 0.15) is 58.3 Å². The van der Waals surface area contributed by atoms with Crippen LogP contribution in [0.5, 0.6) is 0 Å². The van der Waals surface area contributed by atoms with Gasteiger partial charge in [0.25, 0.3) is 0 Å². The molecule has 7 nitrogen and oxygen atoms in total. The first-order chi connectivity index (χ1) is 17.6. The lowest BCUT2D eigenvalue weighted by Crippen LogP contribution is -2.41. The number of hydrogen-bond donors (Lipinski definition) is 2. The van der Waals surface area contributed by atoms with Crippen molar-refractivity contribution in [1.29, 1.82) is 0 Å². The van der Waals surface area contributed by atoms with E-state index in [1.54, 1.807) is 0 Å². The highest BCUT2D eigenvalue weighted by Gasteiger charge is 2.27. The molecule has 2 aliphatic rings. The van der Waals surface area contributed by atoms with E-state index in [0.717, 1.165) is 85.4 Å². The number of carbonyl (C=O) groups is 1. The Balaban J connectivity index is 1.42. The van der Waals surface area contributed by atoms with Gasteiger partial charge < -0.3 is 15.5 Å². The predicted octanol–water partition coefficient (Wildman–Crippen LogP) is 5.83. The second-order valence-electron chi connectivity index (χ2n) is 9.98. The van der Waals surface area contributed by atoms with E-state index in [2.05, 4.69) is 38.5 Å². The van der Waals surface area contributed by atoms with Crippen molar-refractivity contribution in [3.8, 4) is 11.3 Å². The van der Waals surface area contributed by atoms with Gasteiger partial charge >= 0.3 is 0 Å². The van der Waals surface area contributed by atoms with Gasteiger partial charge in [0.15, 0.2) is 0 Å². The summed E-state index contributed by atoms with van der Waals surface area (Å²) >= 11 is 6.91. The Morgan fingerprint density at radius 1 is 1.11 bits per heavy atom. The molecular formula is C28H35ClN6O. The van der Waals surface area contributed by atoms with E-state index in [4.69, 9.17) is 16.6 Å². The van der Waals surface area contributed by atoms with Crippen molar-refractivity contribution in [3.63, 3.8) is 0 Å². The van der Waals surface area contributed by atoms with Crippen LogP contribution in [0.2, 0.25) is 5.02 Å². The smallest absolute Gasteiger partial charge is 0.223 e. The number of carbonyl (C=O) groups excluding carboxylic acids is 1. The van der Waals surface area contributed by atoms with Crippen LogP contribution in [0.4, 0.5) is 11.6 Å². The number of rotatable bonds is 7. The Morgan fingerprint density at radius 3 is 2.69 bits per heavy atom. The highest BCUT2D eigenvalue weighted by atomic mass is 35.5. The number of pyridine rings is 3. The highest BCUT2D eigenvalue weighted by Crippen LogP contribution is 2.37. The van der Waals surface area contributed by atoms with E-state index < -0.39 is 0 Å². The van der Waals surface area contributed by atoms with E-state index in [1.807, 2.05) is 30.7 Å². The summed E-state index contributed by atoms with van der Waals surface area (Å²) in [4.78, 5) is 28.8. The molecule has 3 aromatic heterocycles. The average Bonchev–Trinajstić information content (AvgIpc) is 2.93. The zero-order valence-corrected chi connectivity index (χ0v) is 21.7. The summed E-state index contributed by atoms with van der Waals surface area (Å²) in [6, 6.07) is 6.43. The molecule has 0 unspecified atom stereocenters. The Bertz CT molecular complexity index is 1200. The van der Waals surface area contributed by atoms with Crippen molar-refractivity contribution in [2.24, 2.45) is 5.92 Å². The molecular weight excluding hydrogens is 472 g/mol. The summed E-state index contributed by atoms with van der Waals surface area (Å²) in [5, 5.41) is 9.32. The molecule has 5 rings (SSSR count). The molecule has 2 N–H and O–H groups in total. The number of nitrogens with zero attached hydrogens (tertiary/aromatic N) is 4. The summed E-state index contributed by atoms with van der Waals surface area (Å²) in [7, 11) is 0. The maximum Gasteiger partial charge on any atom is 0.223 e. The molecule has 0 spiro atoms. The fraction of sp³-hybridized carbons (Fsp3) is 0.500. The molecule has 36 heavy (non-hydrogen) atoms. The second kappa shape index (κ2) is 11.4. The lowest BCUT2D eigenvalue weighted by Gasteiger charge is -2.33. The highest BCUT2D eigenvalue weighted by molar-refractivity contribution is 6.35. The largest absolute Gasteiger partial charge is 0.366 e. The summed E-state index contributed by atoms with van der Waals surface area (Å²) in [6.07, 6.45) is 14.2. The van der Waals surface area contributed by atoms with E-state index >= 15 is 0 Å². The van der Waals surface area contributed by atoms with Gasteiger partial charge in [-0.3, -0.25) is 9.78 Å². The summed E-state index contributed by atoms with van der Waals surface area (Å²) in [5.74, 6) is 1.89. The molecule has 3 aromatic rings. The molecule has 0 aromatic carbocycles. The maximum absolute atomic E-state index is 12.5. The van der Waals surface area contributed by atoms with Gasteiger partial charge in [-0.15, -0.1) is 0 Å². The van der Waals surface area contributed by atoms with Gasteiger partial charge in [0.2, 0.25) is 5.91 Å². The molecule has 0 bridgehead atoms. The Labute approximate surface area is 218 Å². The molecule has 8 heteroatoms. The number of nitrogens with one attached hydrogen (secondary N) is 2. The van der Waals surface area contributed by atoms with Crippen molar-refractivity contribution in [1.82, 2.24) is 20.3 Å². The molecule has 190 valence electrons. The first-order valence-electron chi connectivity index (χ1n) is 13.3. The van der Waals surface area contributed by atoms with Gasteiger partial charge in [-0.1, -0.05) is 37.8 Å². The number of anilines is 2. The zero-order chi connectivity index (χ0) is 24.9. The first kappa shape index (κ1) is 24.8. The number of hydrogen-bond acceptors (Lipinski definition) is 6. The van der Waals surface area contributed by atoms with Crippen LogP contribution in [0, 0.1) is 5.92 Å². The first-order valence-corrected chi connectivity index (χ1v) is 13.7. The third kappa shape index (κ3) is 5.41. The van der Waals surface area contributed by atoms with Crippen LogP contribution in [-0.4, -0.2) is 46.5 Å². The van der Waals surface area contributed by atoms with Crippen molar-refractivity contribution in [3.05, 3.63) is 41.8 Å². The molecule has 1 saturated carbocycles. The minimum Gasteiger partial charge on any atom is -0.366 e. The Morgan fingerprint density at radius 2 is 1.92 bits per heavy atom. The standard InChI is InChI=1S/C28H35ClN6O/c1-2-12-32-28(36)19-10-15-35(16-11-19)27-22-8-13-30-18-20(22)17-24(34-27)23-9-14-31-26(25(23)29)33-21-6-4-3-5-7-21/h8-9,13-14,17-19,21H,2-7,10-12,15-16H2,1H3,(H,31,33)(H,32,36). The van der Waals surface area contributed by atoms with Crippen LogP contribution in [0.3, 0.4) is 0 Å². The van der Waals surface area contributed by atoms with Crippen LogP contribution in [0.25, 0.3) is 22.0 Å². The lowest BCUT2D eigenvalue weighted by molar-refractivity contribution is -0.125. The quantitative estimate of drug-likeness (QED) is 0.419. The fourth-order valence-electron chi connectivity index (χ4n) is 5.39. The van der Waals surface area contributed by atoms with Crippen molar-refractivity contribution in [2.75, 3.05) is 29.9 Å². The average molecular weight is 507 g/mol. The van der Waals surface area contributed by atoms with Crippen molar-refractivity contribution in [2.45, 2.75) is 64.3 Å². The zero-order valence-electron chi connectivity index (χ0n) is 21.0. The minimum absolute atomic E-state index is 0.0620. The van der Waals surface area contributed by atoms with Crippen molar-refractivity contribution >= 4 is 39.9 Å².